The van der Waals surface area contributed by atoms with Gasteiger partial charge in [-0.3, -0.25) is 0 Å². The standard InChI is InChI=1S/C2H5.CH3.3U/c1-2;;;;/h1H2,2H3;1H3;;;/q2*-1;;;. The summed E-state index contributed by atoms with van der Waals surface area (Å²) < 4.78 is 0. The van der Waals surface area contributed by atoms with Crippen molar-refractivity contribution in [3.8, 4) is 0 Å². The van der Waals surface area contributed by atoms with Gasteiger partial charge in [0.2, 0.25) is 0 Å². The zero-order valence-corrected chi connectivity index (χ0v) is 16.7. The van der Waals surface area contributed by atoms with Crippen LogP contribution in [0, 0.1) is 108 Å². The van der Waals surface area contributed by atoms with Crippen LogP contribution in [0.1, 0.15) is 6.92 Å². The zero-order chi connectivity index (χ0) is 2.00. The summed E-state index contributed by atoms with van der Waals surface area (Å²) in [5.41, 5.74) is 0. The summed E-state index contributed by atoms with van der Waals surface area (Å²) in [6, 6.07) is 0. The Morgan fingerprint density at radius 2 is 0.833 bits per heavy atom. The van der Waals surface area contributed by atoms with Gasteiger partial charge in [0, 0.05) is 93.3 Å². The molecule has 0 fully saturated rings. The predicted octanol–water partition coefficient (Wildman–Crippen LogP) is 1.29. The van der Waals surface area contributed by atoms with Gasteiger partial charge >= 0.3 is 0 Å². The summed E-state index contributed by atoms with van der Waals surface area (Å²) in [6.45, 7) is 5.00. The van der Waals surface area contributed by atoms with Crippen LogP contribution >= 0.6 is 0 Å². The largest absolute Gasteiger partial charge is 0.358 e. The fourth-order valence-electron chi connectivity index (χ4n) is 0. The molecule has 0 aromatic heterocycles. The Morgan fingerprint density at radius 1 is 0.833 bits per heavy atom. The Labute approximate surface area is 112 Å². The summed E-state index contributed by atoms with van der Waals surface area (Å²) in [4.78, 5) is 0. The molecular formula is C3H8U3-2. The van der Waals surface area contributed by atoms with Gasteiger partial charge in [0.25, 0.3) is 0 Å². The second-order valence-corrected chi connectivity index (χ2v) is 0. The van der Waals surface area contributed by atoms with E-state index >= 15 is 0 Å². The Bertz CT molecular complexity index is 6.00. The molecule has 0 aromatic rings. The van der Waals surface area contributed by atoms with Crippen LogP contribution in [0.4, 0.5) is 0 Å². The minimum absolute atomic E-state index is 0. The maximum Gasteiger partial charge on any atom is 0 e. The Balaban J connectivity index is -0.000000000833. The fraction of sp³-hybridized carbons (Fsp3) is 0.333. The van der Waals surface area contributed by atoms with Gasteiger partial charge in [0.1, 0.15) is 0 Å². The summed E-state index contributed by atoms with van der Waals surface area (Å²) in [6.07, 6.45) is 0. The van der Waals surface area contributed by atoms with E-state index in [9.17, 15) is 0 Å². The first-order valence-corrected chi connectivity index (χ1v) is 0.707. The van der Waals surface area contributed by atoms with E-state index in [1.807, 2.05) is 0 Å². The number of rotatable bonds is 0. The molecule has 6 heavy (non-hydrogen) atoms. The second kappa shape index (κ2) is 41.9. The van der Waals surface area contributed by atoms with Crippen molar-refractivity contribution in [2.45, 2.75) is 6.92 Å². The molecule has 0 atom stereocenters. The van der Waals surface area contributed by atoms with Crippen molar-refractivity contribution >= 4 is 0 Å². The summed E-state index contributed by atoms with van der Waals surface area (Å²) in [5, 5.41) is 0. The molecule has 0 spiro atoms. The molecule has 0 aliphatic carbocycles. The summed E-state index contributed by atoms with van der Waals surface area (Å²) in [5.74, 6) is 0. The Hall–Kier alpha value is 3.16. The third-order valence-corrected chi connectivity index (χ3v) is 0. The molecule has 0 rings (SSSR count). The van der Waals surface area contributed by atoms with E-state index in [2.05, 4.69) is 6.92 Å². The van der Waals surface area contributed by atoms with Gasteiger partial charge < -0.3 is 14.4 Å². The number of hydrogen-bond acceptors (Lipinski definition) is 0. The maximum atomic E-state index is 3.25. The van der Waals surface area contributed by atoms with Crippen molar-refractivity contribution in [2.75, 3.05) is 0 Å². The van der Waals surface area contributed by atoms with Crippen LogP contribution in [0.15, 0.2) is 0 Å². The SMILES string of the molecule is [CH2-]C.[CH3-].[U].[U].[U]. The van der Waals surface area contributed by atoms with E-state index in [1.54, 1.807) is 6.92 Å². The van der Waals surface area contributed by atoms with Crippen molar-refractivity contribution in [3.05, 3.63) is 14.4 Å². The van der Waals surface area contributed by atoms with Crippen LogP contribution in [0.2, 0.25) is 0 Å². The molecule has 0 nitrogen and oxygen atoms in total. The number of hydrogen-bond donors (Lipinski definition) is 0. The Kier molecular flexibility index (Phi) is 246. The minimum atomic E-state index is 0. The van der Waals surface area contributed by atoms with E-state index in [4.69, 9.17) is 0 Å². The quantitative estimate of drug-likeness (QED) is 0.328. The predicted molar refractivity (Wildman–Crippen MR) is 17.4 cm³/mol. The van der Waals surface area contributed by atoms with E-state index in [-0.39, 0.29) is 101 Å². The first-order valence-electron chi connectivity index (χ1n) is 0.707. The third-order valence-electron chi connectivity index (χ3n) is 0. The van der Waals surface area contributed by atoms with Crippen molar-refractivity contribution in [1.29, 1.82) is 0 Å². The molecule has 0 N–H and O–H groups in total. The van der Waals surface area contributed by atoms with E-state index in [0.29, 0.717) is 0 Å². The molecule has 0 heterocycles. The van der Waals surface area contributed by atoms with Gasteiger partial charge in [-0.1, -0.05) is 0 Å². The van der Waals surface area contributed by atoms with Gasteiger partial charge in [-0.2, -0.15) is 6.92 Å². The van der Waals surface area contributed by atoms with Crippen molar-refractivity contribution in [1.82, 2.24) is 0 Å². The molecule has 34 valence electrons. The van der Waals surface area contributed by atoms with E-state index in [1.165, 1.54) is 0 Å². The van der Waals surface area contributed by atoms with Crippen LogP contribution in [-0.4, -0.2) is 0 Å². The fourth-order valence-corrected chi connectivity index (χ4v) is 0. The van der Waals surface area contributed by atoms with Crippen molar-refractivity contribution < 1.29 is 93.3 Å². The van der Waals surface area contributed by atoms with Crippen LogP contribution in [0.5, 0.6) is 0 Å². The minimum Gasteiger partial charge on any atom is -0.358 e. The average Bonchev–Trinajstić information content (AvgIpc) is 1.00. The topological polar surface area (TPSA) is 0 Å². The van der Waals surface area contributed by atoms with Gasteiger partial charge in [-0.05, 0) is 0 Å². The Morgan fingerprint density at radius 3 is 0.833 bits per heavy atom. The first-order chi connectivity index (χ1) is 1.00. The van der Waals surface area contributed by atoms with Gasteiger partial charge in [-0.25, -0.2) is 0 Å². The van der Waals surface area contributed by atoms with E-state index in [0.717, 1.165) is 0 Å². The van der Waals surface area contributed by atoms with Crippen LogP contribution in [-0.2, 0) is 0 Å². The van der Waals surface area contributed by atoms with Gasteiger partial charge in [0.05, 0.1) is 0 Å². The van der Waals surface area contributed by atoms with E-state index < -0.39 is 0 Å². The first kappa shape index (κ1) is 35.3. The maximum absolute atomic E-state index is 3.25. The molecule has 0 aliphatic heterocycles. The molecule has 3 heteroatoms. The summed E-state index contributed by atoms with van der Waals surface area (Å²) in [7, 11) is 0. The van der Waals surface area contributed by atoms with Crippen molar-refractivity contribution in [2.24, 2.45) is 0 Å². The molecule has 0 aromatic carbocycles. The van der Waals surface area contributed by atoms with Crippen LogP contribution < -0.4 is 0 Å². The van der Waals surface area contributed by atoms with Gasteiger partial charge in [0.15, 0.2) is 0 Å². The molecule has 0 amide bonds. The van der Waals surface area contributed by atoms with Crippen LogP contribution in [0.25, 0.3) is 0 Å². The normalized spacial score (nSPS) is 1.00. The van der Waals surface area contributed by atoms with Crippen molar-refractivity contribution in [3.63, 3.8) is 0 Å². The molecule has 0 aliphatic rings. The smallest absolute Gasteiger partial charge is 0 e. The monoisotopic (exact) mass is 758 g/mol. The molecule has 0 bridgehead atoms. The molecule has 0 unspecified atom stereocenters. The molecular weight excluding hydrogens is 750 g/mol. The molecule has 0 radical (unpaired) electrons. The zero-order valence-electron chi connectivity index (χ0n) is 4.21. The van der Waals surface area contributed by atoms with Gasteiger partial charge in [-0.15, -0.1) is 0 Å². The third kappa shape index (κ3) is 27.2. The molecule has 0 saturated heterocycles. The second-order valence-electron chi connectivity index (χ2n) is 0. The molecule has 0 saturated carbocycles. The van der Waals surface area contributed by atoms with Crippen LogP contribution in [0.3, 0.4) is 0 Å². The summed E-state index contributed by atoms with van der Waals surface area (Å²) >= 11 is 0. The average molecular weight is 758 g/mol.